The summed E-state index contributed by atoms with van der Waals surface area (Å²) in [4.78, 5) is 11.1. The Morgan fingerprint density at radius 2 is 2.50 bits per heavy atom. The first-order valence-corrected chi connectivity index (χ1v) is 3.71. The Bertz CT molecular complexity index is 286. The number of nitrogens with zero attached hydrogens (tertiary/aromatic N) is 1. The van der Waals surface area contributed by atoms with Crippen molar-refractivity contribution in [1.82, 2.24) is 5.32 Å². The van der Waals surface area contributed by atoms with Crippen molar-refractivity contribution in [3.05, 3.63) is 35.3 Å². The molecule has 0 saturated carbocycles. The molecular formula is C8H10N2O2. The lowest BCUT2D eigenvalue weighted by molar-refractivity contribution is -0.605. The lowest BCUT2D eigenvalue weighted by Gasteiger charge is -2.00. The second-order valence-corrected chi connectivity index (χ2v) is 2.31. The Hall–Kier alpha value is -1.58. The molecule has 1 aromatic heterocycles. The molecule has 1 heterocycles. The van der Waals surface area contributed by atoms with Gasteiger partial charge in [-0.1, -0.05) is 0 Å². The predicted molar refractivity (Wildman–Crippen MR) is 43.4 cm³/mol. The maximum absolute atomic E-state index is 11.1. The van der Waals surface area contributed by atoms with Gasteiger partial charge in [-0.15, -0.1) is 0 Å². The van der Waals surface area contributed by atoms with Crippen LogP contribution in [0.2, 0.25) is 0 Å². The van der Waals surface area contributed by atoms with Crippen LogP contribution in [0.15, 0.2) is 24.5 Å². The fourth-order valence-electron chi connectivity index (χ4n) is 0.852. The van der Waals surface area contributed by atoms with E-state index in [1.54, 1.807) is 6.07 Å². The summed E-state index contributed by atoms with van der Waals surface area (Å²) < 4.78 is 0.602. The molecule has 4 nitrogen and oxygen atoms in total. The van der Waals surface area contributed by atoms with Crippen molar-refractivity contribution >= 4 is 5.91 Å². The van der Waals surface area contributed by atoms with Crippen LogP contribution >= 0.6 is 0 Å². The average Bonchev–Trinajstić information content (AvgIpc) is 2.05. The zero-order chi connectivity index (χ0) is 8.97. The third kappa shape index (κ3) is 1.95. The lowest BCUT2D eigenvalue weighted by atomic mass is 10.3. The largest absolute Gasteiger partial charge is 0.619 e. The molecule has 1 rings (SSSR count). The van der Waals surface area contributed by atoms with Gasteiger partial charge in [0, 0.05) is 12.6 Å². The summed E-state index contributed by atoms with van der Waals surface area (Å²) in [5.74, 6) is -0.220. The van der Waals surface area contributed by atoms with Crippen LogP contribution in [-0.2, 0) is 0 Å². The lowest BCUT2D eigenvalue weighted by Crippen LogP contribution is -2.29. The molecule has 12 heavy (non-hydrogen) atoms. The summed E-state index contributed by atoms with van der Waals surface area (Å²) in [5, 5.41) is 13.3. The minimum Gasteiger partial charge on any atom is -0.619 e. The van der Waals surface area contributed by atoms with Gasteiger partial charge in [0.1, 0.15) is 5.56 Å². The van der Waals surface area contributed by atoms with Crippen LogP contribution in [0.1, 0.15) is 17.3 Å². The Kier molecular flexibility index (Phi) is 2.63. The summed E-state index contributed by atoms with van der Waals surface area (Å²) in [6.07, 6.45) is 2.58. The zero-order valence-corrected chi connectivity index (χ0v) is 6.78. The Balaban J connectivity index is 2.81. The Labute approximate surface area is 70.4 Å². The molecule has 0 spiro atoms. The number of amides is 1. The van der Waals surface area contributed by atoms with Gasteiger partial charge in [0.2, 0.25) is 0 Å². The number of nitrogens with one attached hydrogen (secondary N) is 1. The first-order chi connectivity index (χ1) is 5.74. The van der Waals surface area contributed by atoms with Crippen LogP contribution in [0.25, 0.3) is 0 Å². The molecule has 1 amide bonds. The molecule has 1 N–H and O–H groups in total. The number of rotatable bonds is 2. The van der Waals surface area contributed by atoms with E-state index >= 15 is 0 Å². The molecule has 0 fully saturated rings. The molecule has 0 aliphatic heterocycles. The van der Waals surface area contributed by atoms with Crippen molar-refractivity contribution in [2.24, 2.45) is 0 Å². The van der Waals surface area contributed by atoms with E-state index in [0.29, 0.717) is 16.8 Å². The topological polar surface area (TPSA) is 56.0 Å². The normalized spacial score (nSPS) is 9.42. The third-order valence-corrected chi connectivity index (χ3v) is 1.37. The number of aromatic nitrogens is 1. The minimum absolute atomic E-state index is 0.220. The molecule has 0 unspecified atom stereocenters. The van der Waals surface area contributed by atoms with Crippen molar-refractivity contribution in [2.75, 3.05) is 6.54 Å². The highest BCUT2D eigenvalue weighted by molar-refractivity contribution is 5.93. The fraction of sp³-hybridized carbons (Fsp3) is 0.250. The summed E-state index contributed by atoms with van der Waals surface area (Å²) in [6.45, 7) is 2.39. The van der Waals surface area contributed by atoms with Gasteiger partial charge in [-0.2, -0.15) is 4.73 Å². The van der Waals surface area contributed by atoms with Gasteiger partial charge in [0.25, 0.3) is 5.91 Å². The summed E-state index contributed by atoms with van der Waals surface area (Å²) in [6, 6.07) is 3.14. The molecule has 0 bridgehead atoms. The van der Waals surface area contributed by atoms with Crippen molar-refractivity contribution in [3.8, 4) is 0 Å². The minimum atomic E-state index is -0.220. The van der Waals surface area contributed by atoms with Gasteiger partial charge in [0.15, 0.2) is 12.4 Å². The van der Waals surface area contributed by atoms with Crippen LogP contribution in [-0.4, -0.2) is 12.5 Å². The van der Waals surface area contributed by atoms with Crippen molar-refractivity contribution in [2.45, 2.75) is 6.92 Å². The molecule has 0 radical (unpaired) electrons. The van der Waals surface area contributed by atoms with Crippen LogP contribution in [0.3, 0.4) is 0 Å². The maximum atomic E-state index is 11.1. The molecule has 0 saturated heterocycles. The second-order valence-electron chi connectivity index (χ2n) is 2.31. The Morgan fingerprint density at radius 3 is 3.08 bits per heavy atom. The molecule has 0 atom stereocenters. The van der Waals surface area contributed by atoms with Crippen LogP contribution in [0, 0.1) is 5.21 Å². The van der Waals surface area contributed by atoms with Gasteiger partial charge in [-0.3, -0.25) is 4.79 Å². The van der Waals surface area contributed by atoms with Crippen LogP contribution < -0.4 is 10.0 Å². The SMILES string of the molecule is CCNC(=O)c1ccc[n+]([O-])c1. The molecule has 1 aromatic rings. The first-order valence-electron chi connectivity index (χ1n) is 3.71. The number of hydrogen-bond donors (Lipinski definition) is 1. The predicted octanol–water partition coefficient (Wildman–Crippen LogP) is 0.0697. The highest BCUT2D eigenvalue weighted by Gasteiger charge is 2.05. The van der Waals surface area contributed by atoms with Gasteiger partial charge in [-0.05, 0) is 13.0 Å². The standard InChI is InChI=1S/C8H10N2O2/c1-2-9-8(11)7-4-3-5-10(12)6-7/h3-6H,2H2,1H3,(H,9,11). The fourth-order valence-corrected chi connectivity index (χ4v) is 0.852. The summed E-state index contributed by atoms with van der Waals surface area (Å²) in [5.41, 5.74) is 0.384. The molecule has 64 valence electrons. The number of carbonyl (C=O) groups is 1. The summed E-state index contributed by atoms with van der Waals surface area (Å²) in [7, 11) is 0. The highest BCUT2D eigenvalue weighted by Crippen LogP contribution is 1.92. The molecule has 0 aliphatic carbocycles. The second kappa shape index (κ2) is 3.71. The van der Waals surface area contributed by atoms with Gasteiger partial charge in [0.05, 0.1) is 0 Å². The summed E-state index contributed by atoms with van der Waals surface area (Å²) >= 11 is 0. The molecule has 4 heteroatoms. The average molecular weight is 166 g/mol. The zero-order valence-electron chi connectivity index (χ0n) is 6.78. The first kappa shape index (κ1) is 8.52. The van der Waals surface area contributed by atoms with E-state index in [2.05, 4.69) is 5.32 Å². The maximum Gasteiger partial charge on any atom is 0.257 e. The number of hydrogen-bond acceptors (Lipinski definition) is 2. The van der Waals surface area contributed by atoms with E-state index in [1.165, 1.54) is 18.5 Å². The van der Waals surface area contributed by atoms with Crippen molar-refractivity contribution in [3.63, 3.8) is 0 Å². The van der Waals surface area contributed by atoms with E-state index < -0.39 is 0 Å². The number of carbonyl (C=O) groups excluding carboxylic acids is 1. The van der Waals surface area contributed by atoms with Crippen LogP contribution in [0.5, 0.6) is 0 Å². The van der Waals surface area contributed by atoms with Crippen molar-refractivity contribution in [1.29, 1.82) is 0 Å². The van der Waals surface area contributed by atoms with E-state index in [0.717, 1.165) is 0 Å². The monoisotopic (exact) mass is 166 g/mol. The van der Waals surface area contributed by atoms with E-state index in [4.69, 9.17) is 0 Å². The smallest absolute Gasteiger partial charge is 0.257 e. The number of pyridine rings is 1. The van der Waals surface area contributed by atoms with E-state index in [9.17, 15) is 10.0 Å². The van der Waals surface area contributed by atoms with E-state index in [-0.39, 0.29) is 5.91 Å². The van der Waals surface area contributed by atoms with Gasteiger partial charge in [-0.25, -0.2) is 0 Å². The van der Waals surface area contributed by atoms with Gasteiger partial charge >= 0.3 is 0 Å². The third-order valence-electron chi connectivity index (χ3n) is 1.37. The molecular weight excluding hydrogens is 156 g/mol. The van der Waals surface area contributed by atoms with Crippen LogP contribution in [0.4, 0.5) is 0 Å². The van der Waals surface area contributed by atoms with E-state index in [1.807, 2.05) is 6.92 Å². The molecule has 0 aliphatic rings. The van der Waals surface area contributed by atoms with Crippen molar-refractivity contribution < 1.29 is 9.52 Å². The highest BCUT2D eigenvalue weighted by atomic mass is 16.5. The quantitative estimate of drug-likeness (QED) is 0.499. The van der Waals surface area contributed by atoms with Gasteiger partial charge < -0.3 is 10.5 Å². The Morgan fingerprint density at radius 1 is 1.75 bits per heavy atom. The molecule has 0 aromatic carbocycles.